The predicted octanol–water partition coefficient (Wildman–Crippen LogP) is 3.63. The first-order valence-corrected chi connectivity index (χ1v) is 6.69. The van der Waals surface area contributed by atoms with E-state index in [2.05, 4.69) is 19.2 Å². The largest absolute Gasteiger partial charge is 0.381 e. The highest BCUT2D eigenvalue weighted by Gasteiger charge is 1.99. The number of hydrogen-bond acceptors (Lipinski definition) is 2. The molecule has 0 unspecified atom stereocenters. The molecule has 0 fully saturated rings. The summed E-state index contributed by atoms with van der Waals surface area (Å²) in [5.41, 5.74) is 0.864. The fourth-order valence-electron chi connectivity index (χ4n) is 1.56. The number of nitrogens with one attached hydrogen (secondary N) is 1. The molecule has 1 N–H and O–H groups in total. The van der Waals surface area contributed by atoms with Gasteiger partial charge in [-0.15, -0.1) is 0 Å². The van der Waals surface area contributed by atoms with E-state index in [1.54, 1.807) is 6.07 Å². The molecule has 0 atom stereocenters. The lowest BCUT2D eigenvalue weighted by Crippen LogP contribution is -2.17. The molecule has 2 nitrogen and oxygen atoms in total. The van der Waals surface area contributed by atoms with Crippen LogP contribution in [0.15, 0.2) is 18.2 Å². The number of hydrogen-bond donors (Lipinski definition) is 1. The Balaban J connectivity index is 2.10. The summed E-state index contributed by atoms with van der Waals surface area (Å²) in [5.74, 6) is 0.284. The van der Waals surface area contributed by atoms with Gasteiger partial charge in [-0.05, 0) is 42.6 Å². The zero-order valence-electron chi connectivity index (χ0n) is 11.0. The van der Waals surface area contributed by atoms with Gasteiger partial charge >= 0.3 is 0 Å². The van der Waals surface area contributed by atoms with E-state index in [1.165, 1.54) is 12.1 Å². The van der Waals surface area contributed by atoms with Gasteiger partial charge in [0.25, 0.3) is 0 Å². The normalized spacial score (nSPS) is 11.2. The molecule has 0 heterocycles. The summed E-state index contributed by atoms with van der Waals surface area (Å²) in [5, 5.41) is 3.68. The molecule has 0 radical (unpaired) electrons. The zero-order chi connectivity index (χ0) is 13.4. The second kappa shape index (κ2) is 8.46. The summed E-state index contributed by atoms with van der Waals surface area (Å²) < 4.78 is 18.5. The molecule has 0 aliphatic rings. The van der Waals surface area contributed by atoms with E-state index in [0.29, 0.717) is 17.5 Å². The van der Waals surface area contributed by atoms with Crippen LogP contribution in [0.4, 0.5) is 4.39 Å². The SMILES string of the molecule is CC(C)COCCCNCc1cc(F)cc(Cl)c1. The predicted molar refractivity (Wildman–Crippen MR) is 73.4 cm³/mol. The Morgan fingerprint density at radius 2 is 2.11 bits per heavy atom. The minimum atomic E-state index is -0.292. The quantitative estimate of drug-likeness (QED) is 0.731. The summed E-state index contributed by atoms with van der Waals surface area (Å²) in [6.07, 6.45) is 0.954. The Hall–Kier alpha value is -0.640. The molecule has 0 spiro atoms. The van der Waals surface area contributed by atoms with Crippen LogP contribution in [0.2, 0.25) is 5.02 Å². The van der Waals surface area contributed by atoms with Crippen molar-refractivity contribution in [2.24, 2.45) is 5.92 Å². The summed E-state index contributed by atoms with van der Waals surface area (Å²) in [4.78, 5) is 0. The number of halogens is 2. The van der Waals surface area contributed by atoms with Crippen LogP contribution in [-0.4, -0.2) is 19.8 Å². The van der Waals surface area contributed by atoms with Gasteiger partial charge in [-0.25, -0.2) is 4.39 Å². The van der Waals surface area contributed by atoms with Crippen LogP contribution in [0.5, 0.6) is 0 Å². The first-order chi connectivity index (χ1) is 8.58. The van der Waals surface area contributed by atoms with E-state index in [9.17, 15) is 4.39 Å². The van der Waals surface area contributed by atoms with Gasteiger partial charge in [0.05, 0.1) is 0 Å². The smallest absolute Gasteiger partial charge is 0.125 e. The van der Waals surface area contributed by atoms with Crippen LogP contribution in [0.25, 0.3) is 0 Å². The Morgan fingerprint density at radius 3 is 2.78 bits per heavy atom. The van der Waals surface area contributed by atoms with Crippen molar-refractivity contribution in [1.82, 2.24) is 5.32 Å². The second-order valence-corrected chi connectivity index (χ2v) is 5.21. The van der Waals surface area contributed by atoms with E-state index in [1.807, 2.05) is 0 Å². The summed E-state index contributed by atoms with van der Waals surface area (Å²) >= 11 is 5.77. The lowest BCUT2D eigenvalue weighted by molar-refractivity contribution is 0.108. The van der Waals surface area contributed by atoms with Gasteiger partial charge in [0, 0.05) is 24.8 Å². The summed E-state index contributed by atoms with van der Waals surface area (Å²) in [7, 11) is 0. The molecule has 18 heavy (non-hydrogen) atoms. The molecule has 1 rings (SSSR count). The molecule has 0 saturated heterocycles. The van der Waals surface area contributed by atoms with E-state index >= 15 is 0 Å². The fraction of sp³-hybridized carbons (Fsp3) is 0.571. The van der Waals surface area contributed by atoms with Crippen LogP contribution in [-0.2, 0) is 11.3 Å². The van der Waals surface area contributed by atoms with Crippen molar-refractivity contribution in [3.05, 3.63) is 34.6 Å². The van der Waals surface area contributed by atoms with Crippen molar-refractivity contribution in [2.75, 3.05) is 19.8 Å². The van der Waals surface area contributed by atoms with Gasteiger partial charge < -0.3 is 10.1 Å². The summed E-state index contributed by atoms with van der Waals surface area (Å²) in [6, 6.07) is 4.58. The first-order valence-electron chi connectivity index (χ1n) is 6.31. The van der Waals surface area contributed by atoms with Crippen molar-refractivity contribution >= 4 is 11.6 Å². The van der Waals surface area contributed by atoms with Crippen LogP contribution in [0.1, 0.15) is 25.8 Å². The molecule has 1 aromatic carbocycles. The van der Waals surface area contributed by atoms with Crippen molar-refractivity contribution in [3.63, 3.8) is 0 Å². The second-order valence-electron chi connectivity index (χ2n) is 4.78. The Morgan fingerprint density at radius 1 is 1.33 bits per heavy atom. The Kier molecular flexibility index (Phi) is 7.25. The van der Waals surface area contributed by atoms with Crippen LogP contribution < -0.4 is 5.32 Å². The highest BCUT2D eigenvalue weighted by Crippen LogP contribution is 2.13. The minimum Gasteiger partial charge on any atom is -0.381 e. The van der Waals surface area contributed by atoms with Crippen LogP contribution in [0, 0.1) is 11.7 Å². The van der Waals surface area contributed by atoms with Crippen molar-refractivity contribution in [1.29, 1.82) is 0 Å². The standard InChI is InChI=1S/C14H21ClFNO/c1-11(2)10-18-5-3-4-17-9-12-6-13(15)8-14(16)7-12/h6-8,11,17H,3-5,9-10H2,1-2H3. The van der Waals surface area contributed by atoms with Crippen molar-refractivity contribution in [2.45, 2.75) is 26.8 Å². The molecule has 0 amide bonds. The maximum atomic E-state index is 13.0. The number of benzene rings is 1. The molecule has 102 valence electrons. The Labute approximate surface area is 113 Å². The van der Waals surface area contributed by atoms with E-state index in [4.69, 9.17) is 16.3 Å². The van der Waals surface area contributed by atoms with Gasteiger partial charge in [-0.3, -0.25) is 0 Å². The topological polar surface area (TPSA) is 21.3 Å². The average molecular weight is 274 g/mol. The maximum absolute atomic E-state index is 13.0. The third-order valence-electron chi connectivity index (χ3n) is 2.34. The van der Waals surface area contributed by atoms with Gasteiger partial charge in [0.2, 0.25) is 0 Å². The number of rotatable bonds is 8. The van der Waals surface area contributed by atoms with Crippen LogP contribution in [0.3, 0.4) is 0 Å². The number of ether oxygens (including phenoxy) is 1. The van der Waals surface area contributed by atoms with E-state index < -0.39 is 0 Å². The first kappa shape index (κ1) is 15.4. The van der Waals surface area contributed by atoms with Gasteiger partial charge in [-0.1, -0.05) is 25.4 Å². The van der Waals surface area contributed by atoms with Gasteiger partial charge in [-0.2, -0.15) is 0 Å². The van der Waals surface area contributed by atoms with Crippen molar-refractivity contribution < 1.29 is 9.13 Å². The third-order valence-corrected chi connectivity index (χ3v) is 2.56. The third kappa shape index (κ3) is 6.94. The van der Waals surface area contributed by atoms with E-state index in [0.717, 1.165) is 31.7 Å². The molecule has 0 bridgehead atoms. The molecule has 4 heteroatoms. The average Bonchev–Trinajstić information content (AvgIpc) is 2.26. The molecular formula is C14H21ClFNO. The molecule has 0 aromatic heterocycles. The van der Waals surface area contributed by atoms with E-state index in [-0.39, 0.29) is 5.82 Å². The zero-order valence-corrected chi connectivity index (χ0v) is 11.8. The molecule has 0 saturated carbocycles. The molecule has 0 aliphatic carbocycles. The van der Waals surface area contributed by atoms with Crippen LogP contribution >= 0.6 is 11.6 Å². The molecule has 0 aliphatic heterocycles. The lowest BCUT2D eigenvalue weighted by Gasteiger charge is -2.08. The maximum Gasteiger partial charge on any atom is 0.125 e. The monoisotopic (exact) mass is 273 g/mol. The fourth-order valence-corrected chi connectivity index (χ4v) is 1.81. The van der Waals surface area contributed by atoms with Gasteiger partial charge in [0.1, 0.15) is 5.82 Å². The lowest BCUT2D eigenvalue weighted by atomic mass is 10.2. The highest BCUT2D eigenvalue weighted by atomic mass is 35.5. The molecule has 1 aromatic rings. The molecular weight excluding hydrogens is 253 g/mol. The summed E-state index contributed by atoms with van der Waals surface area (Å²) in [6.45, 7) is 7.31. The van der Waals surface area contributed by atoms with Gasteiger partial charge in [0.15, 0.2) is 0 Å². The van der Waals surface area contributed by atoms with Crippen molar-refractivity contribution in [3.8, 4) is 0 Å². The minimum absolute atomic E-state index is 0.292. The Bertz CT molecular complexity index is 337. The highest BCUT2D eigenvalue weighted by molar-refractivity contribution is 6.30.